The second-order valence-electron chi connectivity index (χ2n) is 3.17. The molecule has 1 aliphatic heterocycles. The molecule has 4 heteroatoms. The average Bonchev–Trinajstić information content (AvgIpc) is 2.85. The average molecular weight is 263 g/mol. The number of nitriles is 1. The first-order chi connectivity index (χ1) is 7.83. The summed E-state index contributed by atoms with van der Waals surface area (Å²) in [6.07, 6.45) is 0. The van der Waals surface area contributed by atoms with E-state index < -0.39 is 0 Å². The van der Waals surface area contributed by atoms with Gasteiger partial charge in [0.15, 0.2) is 0 Å². The van der Waals surface area contributed by atoms with Gasteiger partial charge in [-0.1, -0.05) is 42.5 Å². The predicted octanol–water partition coefficient (Wildman–Crippen LogP) is 3.62. The van der Waals surface area contributed by atoms with Crippen LogP contribution in [0.4, 0.5) is 0 Å². The molecule has 0 radical (unpaired) electrons. The molecule has 0 saturated carbocycles. The molecule has 80 valence electrons. The van der Waals surface area contributed by atoms with Crippen LogP contribution >= 0.6 is 35.7 Å². The van der Waals surface area contributed by atoms with Gasteiger partial charge in [0.2, 0.25) is 0 Å². The van der Waals surface area contributed by atoms with Gasteiger partial charge >= 0.3 is 0 Å². The Kier molecular flexibility index (Phi) is 4.05. The summed E-state index contributed by atoms with van der Waals surface area (Å²) in [4.78, 5) is 0.667. The van der Waals surface area contributed by atoms with E-state index in [-0.39, 0.29) is 0 Å². The van der Waals surface area contributed by atoms with Gasteiger partial charge in [-0.2, -0.15) is 5.26 Å². The molecule has 1 saturated heterocycles. The topological polar surface area (TPSA) is 23.8 Å². The summed E-state index contributed by atoms with van der Waals surface area (Å²) in [5.74, 6) is 2.14. The minimum absolute atomic E-state index is 0.661. The molecular weight excluding hydrogens is 254 g/mol. The second-order valence-corrected chi connectivity index (χ2v) is 6.04. The first-order valence-corrected chi connectivity index (χ1v) is 7.20. The van der Waals surface area contributed by atoms with Gasteiger partial charge in [-0.3, -0.25) is 0 Å². The van der Waals surface area contributed by atoms with Crippen LogP contribution < -0.4 is 0 Å². The van der Waals surface area contributed by atoms with E-state index in [2.05, 4.69) is 6.07 Å². The maximum absolute atomic E-state index is 9.20. The number of thiocarbonyl (C=S) groups is 1. The van der Waals surface area contributed by atoms with Gasteiger partial charge < -0.3 is 0 Å². The number of benzene rings is 1. The molecule has 16 heavy (non-hydrogen) atoms. The smallest absolute Gasteiger partial charge is 0.102 e. The zero-order valence-electron chi connectivity index (χ0n) is 8.47. The molecule has 0 amide bonds. The Hall–Kier alpha value is -0.760. The molecule has 0 aliphatic carbocycles. The quantitative estimate of drug-likeness (QED) is 0.352. The summed E-state index contributed by atoms with van der Waals surface area (Å²) < 4.78 is 1.08. The summed E-state index contributed by atoms with van der Waals surface area (Å²) >= 11 is 8.83. The van der Waals surface area contributed by atoms with Gasteiger partial charge in [0, 0.05) is 11.5 Å². The van der Waals surface area contributed by atoms with Crippen molar-refractivity contribution in [2.24, 2.45) is 0 Å². The van der Waals surface area contributed by atoms with E-state index in [0.29, 0.717) is 10.4 Å². The number of hydrogen-bond donors (Lipinski definition) is 0. The van der Waals surface area contributed by atoms with Gasteiger partial charge in [-0.05, 0) is 5.56 Å². The zero-order chi connectivity index (χ0) is 11.4. The van der Waals surface area contributed by atoms with E-state index in [1.54, 1.807) is 23.5 Å². The van der Waals surface area contributed by atoms with Gasteiger partial charge in [-0.25, -0.2) is 0 Å². The fourth-order valence-electron chi connectivity index (χ4n) is 1.38. The molecule has 0 N–H and O–H groups in total. The lowest BCUT2D eigenvalue weighted by molar-refractivity contribution is 1.51. The van der Waals surface area contributed by atoms with Gasteiger partial charge in [0.1, 0.15) is 6.07 Å². The standard InChI is InChI=1S/C12H9NS3/c13-8-10(12-15-6-7-16-12)11(14)9-4-2-1-3-5-9/h1-5H,6-7H2. The predicted molar refractivity (Wildman–Crippen MR) is 75.7 cm³/mol. The highest BCUT2D eigenvalue weighted by Crippen LogP contribution is 2.39. The Labute approximate surface area is 109 Å². The molecule has 0 unspecified atom stereocenters. The van der Waals surface area contributed by atoms with Gasteiger partial charge in [-0.15, -0.1) is 23.5 Å². The largest absolute Gasteiger partial charge is 0.192 e. The van der Waals surface area contributed by atoms with E-state index in [9.17, 15) is 5.26 Å². The minimum Gasteiger partial charge on any atom is -0.192 e. The lowest BCUT2D eigenvalue weighted by Crippen LogP contribution is -2.01. The lowest BCUT2D eigenvalue weighted by atomic mass is 10.1. The molecule has 0 bridgehead atoms. The van der Waals surface area contributed by atoms with E-state index in [1.165, 1.54) is 0 Å². The Morgan fingerprint density at radius 3 is 2.38 bits per heavy atom. The first kappa shape index (κ1) is 11.7. The van der Waals surface area contributed by atoms with Crippen LogP contribution in [0.15, 0.2) is 40.1 Å². The van der Waals surface area contributed by atoms with Crippen molar-refractivity contribution in [2.45, 2.75) is 0 Å². The van der Waals surface area contributed by atoms with Crippen LogP contribution in [0, 0.1) is 11.3 Å². The molecule has 0 aromatic heterocycles. The van der Waals surface area contributed by atoms with Crippen LogP contribution in [0.5, 0.6) is 0 Å². The fourth-order valence-corrected chi connectivity index (χ4v) is 4.25. The monoisotopic (exact) mass is 263 g/mol. The number of hydrogen-bond acceptors (Lipinski definition) is 4. The second kappa shape index (κ2) is 5.53. The van der Waals surface area contributed by atoms with E-state index in [0.717, 1.165) is 21.3 Å². The summed E-state index contributed by atoms with van der Waals surface area (Å²) in [6, 6.07) is 12.0. The highest BCUT2D eigenvalue weighted by atomic mass is 32.2. The number of nitrogens with zero attached hydrogens (tertiary/aromatic N) is 1. The van der Waals surface area contributed by atoms with Crippen LogP contribution in [0.2, 0.25) is 0 Å². The Morgan fingerprint density at radius 2 is 1.81 bits per heavy atom. The van der Waals surface area contributed by atoms with Crippen molar-refractivity contribution in [1.29, 1.82) is 5.26 Å². The minimum atomic E-state index is 0.661. The molecular formula is C12H9NS3. The molecule has 1 aromatic rings. The fraction of sp³-hybridized carbons (Fsp3) is 0.167. The van der Waals surface area contributed by atoms with Gasteiger partial charge in [0.25, 0.3) is 0 Å². The Bertz CT molecular complexity index is 463. The van der Waals surface area contributed by atoms with Crippen LogP contribution in [0.1, 0.15) is 5.56 Å². The van der Waals surface area contributed by atoms with Gasteiger partial charge in [0.05, 0.1) is 14.7 Å². The number of rotatable bonds is 2. The van der Waals surface area contributed by atoms with Crippen molar-refractivity contribution in [2.75, 3.05) is 11.5 Å². The summed E-state index contributed by atoms with van der Waals surface area (Å²) in [5.41, 5.74) is 1.61. The van der Waals surface area contributed by atoms with Crippen LogP contribution in [-0.2, 0) is 0 Å². The highest BCUT2D eigenvalue weighted by Gasteiger charge is 2.18. The van der Waals surface area contributed by atoms with E-state index >= 15 is 0 Å². The van der Waals surface area contributed by atoms with Crippen molar-refractivity contribution in [1.82, 2.24) is 0 Å². The van der Waals surface area contributed by atoms with Crippen LogP contribution in [0.3, 0.4) is 0 Å². The molecule has 0 spiro atoms. The maximum Gasteiger partial charge on any atom is 0.102 e. The third-order valence-electron chi connectivity index (χ3n) is 2.13. The highest BCUT2D eigenvalue weighted by molar-refractivity contribution is 8.25. The molecule has 0 atom stereocenters. The molecule has 1 heterocycles. The Balaban J connectivity index is 2.34. The van der Waals surface area contributed by atoms with Crippen LogP contribution in [-0.4, -0.2) is 16.4 Å². The van der Waals surface area contributed by atoms with Crippen molar-refractivity contribution in [3.05, 3.63) is 45.7 Å². The van der Waals surface area contributed by atoms with Crippen molar-refractivity contribution < 1.29 is 0 Å². The Morgan fingerprint density at radius 1 is 1.19 bits per heavy atom. The summed E-state index contributed by atoms with van der Waals surface area (Å²) in [6.45, 7) is 0. The molecule has 2 rings (SSSR count). The maximum atomic E-state index is 9.20. The molecule has 1 aliphatic rings. The summed E-state index contributed by atoms with van der Waals surface area (Å²) in [7, 11) is 0. The van der Waals surface area contributed by atoms with E-state index in [1.807, 2.05) is 30.3 Å². The number of thioether (sulfide) groups is 2. The lowest BCUT2D eigenvalue weighted by Gasteiger charge is -2.04. The summed E-state index contributed by atoms with van der Waals surface area (Å²) in [5, 5.41) is 9.20. The SMILES string of the molecule is N#CC(C(=S)c1ccccc1)=C1SCCS1. The molecule has 1 nitrogen and oxygen atoms in total. The molecule has 1 aromatic carbocycles. The third kappa shape index (κ3) is 2.49. The van der Waals surface area contributed by atoms with Crippen molar-refractivity contribution in [3.8, 4) is 6.07 Å². The normalized spacial score (nSPS) is 14.6. The first-order valence-electron chi connectivity index (χ1n) is 4.82. The number of allylic oxidation sites excluding steroid dienone is 1. The molecule has 1 fully saturated rings. The van der Waals surface area contributed by atoms with Crippen molar-refractivity contribution in [3.63, 3.8) is 0 Å². The van der Waals surface area contributed by atoms with E-state index in [4.69, 9.17) is 12.2 Å². The van der Waals surface area contributed by atoms with Crippen LogP contribution in [0.25, 0.3) is 0 Å². The van der Waals surface area contributed by atoms with Crippen molar-refractivity contribution >= 4 is 40.6 Å². The zero-order valence-corrected chi connectivity index (χ0v) is 10.9. The third-order valence-corrected chi connectivity index (χ3v) is 5.28.